The van der Waals surface area contributed by atoms with Crippen molar-refractivity contribution in [1.82, 2.24) is 9.78 Å². The van der Waals surface area contributed by atoms with Crippen molar-refractivity contribution in [3.05, 3.63) is 83.2 Å². The molecular formula is C22H21N3O2. The van der Waals surface area contributed by atoms with Crippen molar-refractivity contribution >= 4 is 5.97 Å². The van der Waals surface area contributed by atoms with Crippen LogP contribution in [0.1, 0.15) is 41.8 Å². The Morgan fingerprint density at radius 1 is 1.15 bits per heavy atom. The first kappa shape index (κ1) is 18.4. The molecule has 2 aromatic carbocycles. The Balaban J connectivity index is 1.85. The van der Waals surface area contributed by atoms with Gasteiger partial charge in [0.1, 0.15) is 18.2 Å². The second kappa shape index (κ2) is 8.33. The maximum absolute atomic E-state index is 12.7. The minimum absolute atomic E-state index is 0.000788. The van der Waals surface area contributed by atoms with Crippen LogP contribution in [0.15, 0.2) is 60.7 Å². The summed E-state index contributed by atoms with van der Waals surface area (Å²) in [6.45, 7) is 3.74. The van der Waals surface area contributed by atoms with E-state index in [1.54, 1.807) is 11.6 Å². The molecule has 0 aliphatic carbocycles. The molecule has 27 heavy (non-hydrogen) atoms. The zero-order valence-corrected chi connectivity index (χ0v) is 15.4. The maximum atomic E-state index is 12.7. The monoisotopic (exact) mass is 359 g/mol. The highest BCUT2D eigenvalue weighted by Gasteiger charge is 2.23. The van der Waals surface area contributed by atoms with E-state index < -0.39 is 0 Å². The quantitative estimate of drug-likeness (QED) is 0.616. The first-order chi connectivity index (χ1) is 13.2. The van der Waals surface area contributed by atoms with E-state index in [1.165, 1.54) is 0 Å². The number of aromatic nitrogens is 2. The predicted octanol–water partition coefficient (Wildman–Crippen LogP) is 4.29. The lowest BCUT2D eigenvalue weighted by molar-refractivity contribution is -0.147. The molecule has 136 valence electrons. The molecule has 1 atom stereocenters. The van der Waals surface area contributed by atoms with Crippen LogP contribution in [0.25, 0.3) is 5.69 Å². The predicted molar refractivity (Wildman–Crippen MR) is 102 cm³/mol. The minimum Gasteiger partial charge on any atom is -0.459 e. The van der Waals surface area contributed by atoms with Crippen LogP contribution in [-0.4, -0.2) is 15.7 Å². The van der Waals surface area contributed by atoms with Crippen LogP contribution in [0.3, 0.4) is 0 Å². The summed E-state index contributed by atoms with van der Waals surface area (Å²) in [7, 11) is 0. The van der Waals surface area contributed by atoms with E-state index in [2.05, 4.69) is 11.2 Å². The molecule has 0 fully saturated rings. The van der Waals surface area contributed by atoms with Gasteiger partial charge in [-0.05, 0) is 31.0 Å². The Kier molecular flexibility index (Phi) is 5.68. The van der Waals surface area contributed by atoms with Crippen LogP contribution in [-0.2, 0) is 16.1 Å². The van der Waals surface area contributed by atoms with Gasteiger partial charge in [-0.3, -0.25) is 4.79 Å². The Morgan fingerprint density at radius 3 is 2.37 bits per heavy atom. The minimum atomic E-state index is -0.328. The molecule has 0 amide bonds. The summed E-state index contributed by atoms with van der Waals surface area (Å²) in [6, 6.07) is 21.3. The Hall–Kier alpha value is -3.39. The first-order valence-corrected chi connectivity index (χ1v) is 8.91. The number of aryl methyl sites for hydroxylation is 1. The maximum Gasteiger partial charge on any atom is 0.313 e. The van der Waals surface area contributed by atoms with Gasteiger partial charge >= 0.3 is 5.97 Å². The van der Waals surface area contributed by atoms with E-state index in [0.717, 1.165) is 11.3 Å². The smallest absolute Gasteiger partial charge is 0.313 e. The normalized spacial score (nSPS) is 11.6. The number of esters is 1. The van der Waals surface area contributed by atoms with Gasteiger partial charge in [-0.15, -0.1) is 0 Å². The third kappa shape index (κ3) is 3.90. The van der Waals surface area contributed by atoms with E-state index in [-0.39, 0.29) is 18.5 Å². The fourth-order valence-electron chi connectivity index (χ4n) is 3.10. The van der Waals surface area contributed by atoms with Gasteiger partial charge in [0.15, 0.2) is 0 Å². The molecule has 0 N–H and O–H groups in total. The number of carbonyl (C=O) groups excluding carboxylic acids is 1. The summed E-state index contributed by atoms with van der Waals surface area (Å²) in [4.78, 5) is 12.7. The molecule has 5 heteroatoms. The van der Waals surface area contributed by atoms with E-state index >= 15 is 0 Å². The summed E-state index contributed by atoms with van der Waals surface area (Å²) >= 11 is 0. The first-order valence-electron chi connectivity index (χ1n) is 8.91. The number of ether oxygens (including phenoxy) is 1. The molecular weight excluding hydrogens is 338 g/mol. The van der Waals surface area contributed by atoms with Gasteiger partial charge in [0, 0.05) is 0 Å². The molecule has 1 unspecified atom stereocenters. The second-order valence-corrected chi connectivity index (χ2v) is 6.25. The lowest BCUT2D eigenvalue weighted by Crippen LogP contribution is -2.17. The number of rotatable bonds is 6. The van der Waals surface area contributed by atoms with Crippen molar-refractivity contribution in [2.75, 3.05) is 0 Å². The molecule has 0 saturated heterocycles. The average Bonchev–Trinajstić information content (AvgIpc) is 3.03. The van der Waals surface area contributed by atoms with Crippen LogP contribution in [0.2, 0.25) is 0 Å². The van der Waals surface area contributed by atoms with E-state index in [1.807, 2.05) is 67.6 Å². The van der Waals surface area contributed by atoms with Gasteiger partial charge in [0.05, 0.1) is 23.0 Å². The van der Waals surface area contributed by atoms with Crippen molar-refractivity contribution < 1.29 is 9.53 Å². The van der Waals surface area contributed by atoms with Crippen LogP contribution in [0.4, 0.5) is 0 Å². The van der Waals surface area contributed by atoms with Crippen LogP contribution in [0.5, 0.6) is 0 Å². The molecule has 0 radical (unpaired) electrons. The van der Waals surface area contributed by atoms with Gasteiger partial charge in [0.2, 0.25) is 0 Å². The van der Waals surface area contributed by atoms with E-state index in [0.29, 0.717) is 23.4 Å². The highest BCUT2D eigenvalue weighted by atomic mass is 16.5. The Bertz CT molecular complexity index is 956. The van der Waals surface area contributed by atoms with E-state index in [4.69, 9.17) is 4.74 Å². The lowest BCUT2D eigenvalue weighted by Gasteiger charge is -2.15. The highest BCUT2D eigenvalue weighted by molar-refractivity contribution is 5.78. The van der Waals surface area contributed by atoms with Gasteiger partial charge in [-0.25, -0.2) is 4.68 Å². The number of benzene rings is 2. The van der Waals surface area contributed by atoms with Crippen molar-refractivity contribution in [3.63, 3.8) is 0 Å². The van der Waals surface area contributed by atoms with Crippen molar-refractivity contribution in [3.8, 4) is 11.8 Å². The SMILES string of the molecule is CCC(C(=O)OCc1c(C#N)c(C)nn1-c1ccccc1)c1ccccc1. The van der Waals surface area contributed by atoms with Gasteiger partial charge < -0.3 is 4.74 Å². The number of nitriles is 1. The zero-order valence-electron chi connectivity index (χ0n) is 15.4. The molecule has 3 aromatic rings. The number of hydrogen-bond acceptors (Lipinski definition) is 4. The van der Waals surface area contributed by atoms with Crippen molar-refractivity contribution in [1.29, 1.82) is 5.26 Å². The van der Waals surface area contributed by atoms with Crippen LogP contribution in [0, 0.1) is 18.3 Å². The van der Waals surface area contributed by atoms with Crippen molar-refractivity contribution in [2.45, 2.75) is 32.8 Å². The number of carbonyl (C=O) groups is 1. The second-order valence-electron chi connectivity index (χ2n) is 6.25. The average molecular weight is 359 g/mol. The molecule has 0 spiro atoms. The molecule has 1 aromatic heterocycles. The third-order valence-corrected chi connectivity index (χ3v) is 4.51. The molecule has 0 aliphatic rings. The summed E-state index contributed by atoms with van der Waals surface area (Å²) in [5, 5.41) is 14.0. The van der Waals surface area contributed by atoms with Gasteiger partial charge in [-0.1, -0.05) is 55.5 Å². The molecule has 0 saturated carbocycles. The summed E-state index contributed by atoms with van der Waals surface area (Å²) in [5.41, 5.74) is 3.39. The molecule has 1 heterocycles. The largest absolute Gasteiger partial charge is 0.459 e. The topological polar surface area (TPSA) is 67.9 Å². The van der Waals surface area contributed by atoms with Crippen LogP contribution < -0.4 is 0 Å². The lowest BCUT2D eigenvalue weighted by atomic mass is 9.97. The third-order valence-electron chi connectivity index (χ3n) is 4.51. The fourth-order valence-corrected chi connectivity index (χ4v) is 3.10. The Morgan fingerprint density at radius 2 is 1.78 bits per heavy atom. The standard InChI is InChI=1S/C22H21N3O2/c1-3-19(17-10-6-4-7-11-17)22(26)27-15-21-20(14-23)16(2)24-25(21)18-12-8-5-9-13-18/h4-13,19H,3,15H2,1-2H3. The molecule has 0 aliphatic heterocycles. The van der Waals surface area contributed by atoms with E-state index in [9.17, 15) is 10.1 Å². The number of hydrogen-bond donors (Lipinski definition) is 0. The molecule has 0 bridgehead atoms. The van der Waals surface area contributed by atoms with Gasteiger partial charge in [0.25, 0.3) is 0 Å². The molecule has 5 nitrogen and oxygen atoms in total. The molecule has 3 rings (SSSR count). The summed E-state index contributed by atoms with van der Waals surface area (Å²) in [6.07, 6.45) is 0.644. The fraction of sp³-hybridized carbons (Fsp3) is 0.227. The van der Waals surface area contributed by atoms with Crippen molar-refractivity contribution in [2.24, 2.45) is 0 Å². The number of nitrogens with zero attached hydrogens (tertiary/aromatic N) is 3. The van der Waals surface area contributed by atoms with Crippen LogP contribution >= 0.6 is 0 Å². The summed E-state index contributed by atoms with van der Waals surface area (Å²) in [5.74, 6) is -0.628. The number of para-hydroxylation sites is 1. The van der Waals surface area contributed by atoms with Gasteiger partial charge in [-0.2, -0.15) is 10.4 Å². The Labute approximate surface area is 158 Å². The highest BCUT2D eigenvalue weighted by Crippen LogP contribution is 2.23. The summed E-state index contributed by atoms with van der Waals surface area (Å²) < 4.78 is 7.27. The zero-order chi connectivity index (χ0) is 19.2.